The molecule has 0 aromatic heterocycles. The van der Waals surface area contributed by atoms with Gasteiger partial charge in [0.1, 0.15) is 5.82 Å². The summed E-state index contributed by atoms with van der Waals surface area (Å²) in [6.45, 7) is 3.35. The molecular formula is C25H27ClFN3O2. The SMILES string of the molecule is Cc1cc(F)ccc1C(=O)NC1CCNCC1C(=O)NCc1cccc2ccccc12.Cl. The first-order chi connectivity index (χ1) is 15.0. The zero-order chi connectivity index (χ0) is 21.8. The van der Waals surface area contributed by atoms with Gasteiger partial charge in [-0.3, -0.25) is 9.59 Å². The molecule has 1 aliphatic rings. The number of fused-ring (bicyclic) bond motifs is 1. The van der Waals surface area contributed by atoms with E-state index in [1.165, 1.54) is 18.2 Å². The van der Waals surface area contributed by atoms with Gasteiger partial charge in [-0.25, -0.2) is 4.39 Å². The van der Waals surface area contributed by atoms with Gasteiger partial charge in [-0.05, 0) is 60.0 Å². The number of benzene rings is 3. The van der Waals surface area contributed by atoms with Crippen LogP contribution in [0.5, 0.6) is 0 Å². The molecule has 0 saturated carbocycles. The Balaban J connectivity index is 0.00000289. The fourth-order valence-electron chi connectivity index (χ4n) is 4.19. The van der Waals surface area contributed by atoms with Gasteiger partial charge >= 0.3 is 0 Å². The highest BCUT2D eigenvalue weighted by Crippen LogP contribution is 2.19. The molecule has 1 saturated heterocycles. The van der Waals surface area contributed by atoms with E-state index in [1.54, 1.807) is 6.92 Å². The van der Waals surface area contributed by atoms with E-state index in [0.29, 0.717) is 30.6 Å². The lowest BCUT2D eigenvalue weighted by Crippen LogP contribution is -2.54. The Morgan fingerprint density at radius 3 is 2.69 bits per heavy atom. The molecule has 2 atom stereocenters. The second kappa shape index (κ2) is 10.6. The monoisotopic (exact) mass is 455 g/mol. The Hall–Kier alpha value is -2.96. The van der Waals surface area contributed by atoms with E-state index in [0.717, 1.165) is 22.9 Å². The number of aryl methyl sites for hydroxylation is 1. The first-order valence-corrected chi connectivity index (χ1v) is 10.5. The Bertz CT molecular complexity index is 1120. The molecule has 3 N–H and O–H groups in total. The molecule has 1 fully saturated rings. The van der Waals surface area contributed by atoms with Crippen LogP contribution in [-0.4, -0.2) is 30.9 Å². The van der Waals surface area contributed by atoms with Gasteiger partial charge in [0.05, 0.1) is 5.92 Å². The van der Waals surface area contributed by atoms with Crippen molar-refractivity contribution >= 4 is 35.0 Å². The number of halogens is 2. The van der Waals surface area contributed by atoms with Crippen LogP contribution in [0.2, 0.25) is 0 Å². The maximum Gasteiger partial charge on any atom is 0.251 e. The van der Waals surface area contributed by atoms with Crippen molar-refractivity contribution in [1.29, 1.82) is 0 Å². The molecule has 2 amide bonds. The number of hydrogen-bond donors (Lipinski definition) is 3. The van der Waals surface area contributed by atoms with Crippen molar-refractivity contribution in [2.24, 2.45) is 5.92 Å². The summed E-state index contributed by atoms with van der Waals surface area (Å²) in [6, 6.07) is 17.9. The summed E-state index contributed by atoms with van der Waals surface area (Å²) >= 11 is 0. The molecule has 7 heteroatoms. The molecule has 0 bridgehead atoms. The summed E-state index contributed by atoms with van der Waals surface area (Å²) < 4.78 is 13.4. The summed E-state index contributed by atoms with van der Waals surface area (Å²) in [4.78, 5) is 25.7. The third kappa shape index (κ3) is 5.26. The fraction of sp³-hybridized carbons (Fsp3) is 0.280. The lowest BCUT2D eigenvalue weighted by molar-refractivity contribution is -0.126. The number of piperidine rings is 1. The van der Waals surface area contributed by atoms with E-state index < -0.39 is 0 Å². The third-order valence-corrected chi connectivity index (χ3v) is 5.90. The number of amides is 2. The van der Waals surface area contributed by atoms with Crippen molar-refractivity contribution in [3.05, 3.63) is 83.2 Å². The Kier molecular flexibility index (Phi) is 7.83. The number of hydrogen-bond acceptors (Lipinski definition) is 3. The normalized spacial score (nSPS) is 17.9. The summed E-state index contributed by atoms with van der Waals surface area (Å²) in [5, 5.41) is 11.5. The lowest BCUT2D eigenvalue weighted by atomic mass is 9.91. The zero-order valence-electron chi connectivity index (χ0n) is 17.9. The molecular weight excluding hydrogens is 429 g/mol. The predicted molar refractivity (Wildman–Crippen MR) is 126 cm³/mol. The molecule has 1 aliphatic heterocycles. The van der Waals surface area contributed by atoms with Gasteiger partial charge in [-0.15, -0.1) is 12.4 Å². The van der Waals surface area contributed by atoms with Crippen LogP contribution < -0.4 is 16.0 Å². The quantitative estimate of drug-likeness (QED) is 0.549. The fourth-order valence-corrected chi connectivity index (χ4v) is 4.19. The molecule has 0 spiro atoms. The second-order valence-corrected chi connectivity index (χ2v) is 7.99. The van der Waals surface area contributed by atoms with Crippen LogP contribution in [0.15, 0.2) is 60.7 Å². The van der Waals surface area contributed by atoms with Crippen LogP contribution in [0.3, 0.4) is 0 Å². The molecule has 3 aromatic carbocycles. The number of carbonyl (C=O) groups excluding carboxylic acids is 2. The first kappa shape index (κ1) is 23.7. The highest BCUT2D eigenvalue weighted by Gasteiger charge is 2.32. The van der Waals surface area contributed by atoms with Crippen molar-refractivity contribution in [2.75, 3.05) is 13.1 Å². The molecule has 4 rings (SSSR count). The summed E-state index contributed by atoms with van der Waals surface area (Å²) in [5.74, 6) is -1.13. The molecule has 5 nitrogen and oxygen atoms in total. The maximum absolute atomic E-state index is 13.4. The molecule has 2 unspecified atom stereocenters. The Morgan fingerprint density at radius 1 is 1.09 bits per heavy atom. The average molecular weight is 456 g/mol. The highest BCUT2D eigenvalue weighted by molar-refractivity contribution is 5.96. The minimum atomic E-state index is -0.381. The summed E-state index contributed by atoms with van der Waals surface area (Å²) in [5.41, 5.74) is 2.05. The van der Waals surface area contributed by atoms with Gasteiger partial charge < -0.3 is 16.0 Å². The van der Waals surface area contributed by atoms with Crippen molar-refractivity contribution in [2.45, 2.75) is 25.9 Å². The summed E-state index contributed by atoms with van der Waals surface area (Å²) in [6.07, 6.45) is 0.651. The van der Waals surface area contributed by atoms with E-state index >= 15 is 0 Å². The van der Waals surface area contributed by atoms with Crippen LogP contribution in [0.4, 0.5) is 4.39 Å². The van der Waals surface area contributed by atoms with Crippen molar-refractivity contribution in [3.63, 3.8) is 0 Å². The van der Waals surface area contributed by atoms with Gasteiger partial charge in [0, 0.05) is 24.7 Å². The standard InChI is InChI=1S/C25H26FN3O2.ClH/c1-16-13-19(26)9-10-20(16)25(31)29-23-11-12-27-15-22(23)24(30)28-14-18-7-4-6-17-5-2-3-8-21(17)18;/h2-10,13,22-23,27H,11-12,14-15H2,1H3,(H,28,30)(H,29,31);1H. The van der Waals surface area contributed by atoms with Gasteiger partial charge in [0.2, 0.25) is 5.91 Å². The Morgan fingerprint density at radius 2 is 1.88 bits per heavy atom. The van der Waals surface area contributed by atoms with Crippen molar-refractivity contribution in [3.8, 4) is 0 Å². The first-order valence-electron chi connectivity index (χ1n) is 10.5. The smallest absolute Gasteiger partial charge is 0.251 e. The van der Waals surface area contributed by atoms with Crippen LogP contribution in [0.25, 0.3) is 10.8 Å². The molecule has 0 aliphatic carbocycles. The van der Waals surface area contributed by atoms with Crippen molar-refractivity contribution < 1.29 is 14.0 Å². The number of carbonyl (C=O) groups is 2. The van der Waals surface area contributed by atoms with E-state index in [4.69, 9.17) is 0 Å². The summed E-state index contributed by atoms with van der Waals surface area (Å²) in [7, 11) is 0. The van der Waals surface area contributed by atoms with Crippen LogP contribution >= 0.6 is 12.4 Å². The molecule has 32 heavy (non-hydrogen) atoms. The van der Waals surface area contributed by atoms with Gasteiger partial charge in [-0.1, -0.05) is 42.5 Å². The van der Waals surface area contributed by atoms with E-state index in [2.05, 4.69) is 28.1 Å². The van der Waals surface area contributed by atoms with Gasteiger partial charge in [0.25, 0.3) is 5.91 Å². The second-order valence-electron chi connectivity index (χ2n) is 7.99. The average Bonchev–Trinajstić information content (AvgIpc) is 2.77. The highest BCUT2D eigenvalue weighted by atomic mass is 35.5. The lowest BCUT2D eigenvalue weighted by Gasteiger charge is -2.32. The minimum Gasteiger partial charge on any atom is -0.352 e. The molecule has 3 aromatic rings. The minimum absolute atomic E-state index is 0. The number of rotatable bonds is 5. The van der Waals surface area contributed by atoms with Crippen LogP contribution in [0, 0.1) is 18.7 Å². The topological polar surface area (TPSA) is 70.2 Å². The molecule has 168 valence electrons. The van der Waals surface area contributed by atoms with E-state index in [-0.39, 0.29) is 42.0 Å². The van der Waals surface area contributed by atoms with Gasteiger partial charge in [0.15, 0.2) is 0 Å². The van der Waals surface area contributed by atoms with Crippen molar-refractivity contribution in [1.82, 2.24) is 16.0 Å². The van der Waals surface area contributed by atoms with Gasteiger partial charge in [-0.2, -0.15) is 0 Å². The number of nitrogens with one attached hydrogen (secondary N) is 3. The van der Waals surface area contributed by atoms with Crippen LogP contribution in [0.1, 0.15) is 27.9 Å². The molecule has 1 heterocycles. The van der Waals surface area contributed by atoms with E-state index in [9.17, 15) is 14.0 Å². The third-order valence-electron chi connectivity index (χ3n) is 5.90. The molecule has 0 radical (unpaired) electrons. The predicted octanol–water partition coefficient (Wildman–Crippen LogP) is 3.73. The Labute approximate surface area is 193 Å². The maximum atomic E-state index is 13.4. The largest absolute Gasteiger partial charge is 0.352 e. The van der Waals surface area contributed by atoms with Crippen LogP contribution in [-0.2, 0) is 11.3 Å². The van der Waals surface area contributed by atoms with E-state index in [1.807, 2.05) is 30.3 Å². The zero-order valence-corrected chi connectivity index (χ0v) is 18.7.